The van der Waals surface area contributed by atoms with E-state index in [9.17, 15) is 23.2 Å². The van der Waals surface area contributed by atoms with Gasteiger partial charge in [-0.1, -0.05) is 23.7 Å². The highest BCUT2D eigenvalue weighted by molar-refractivity contribution is 6.30. The molecule has 2 N–H and O–H groups in total. The molecule has 2 aliphatic heterocycles. The molecule has 0 aliphatic carbocycles. The van der Waals surface area contributed by atoms with Crippen molar-refractivity contribution in [2.45, 2.75) is 18.8 Å². The van der Waals surface area contributed by atoms with Gasteiger partial charge in [-0.15, -0.1) is 8.78 Å². The third-order valence-electron chi connectivity index (χ3n) is 4.68. The van der Waals surface area contributed by atoms with E-state index in [4.69, 9.17) is 11.6 Å². The van der Waals surface area contributed by atoms with Crippen molar-refractivity contribution in [1.29, 1.82) is 0 Å². The smallest absolute Gasteiger partial charge is 0.395 e. The second-order valence-corrected chi connectivity index (χ2v) is 7.27. The fourth-order valence-electron chi connectivity index (χ4n) is 3.19. The SMILES string of the molecule is CC1(c2ccc(Cl)cc2)NC(=O)N(CC(=O)Nc2ccc3c(c2)OC(F)(F)O3)C1=O. The van der Waals surface area contributed by atoms with E-state index < -0.39 is 36.2 Å². The van der Waals surface area contributed by atoms with Crippen LogP contribution in [0.4, 0.5) is 19.3 Å². The molecule has 11 heteroatoms. The van der Waals surface area contributed by atoms with Crippen LogP contribution in [-0.2, 0) is 15.1 Å². The number of urea groups is 1. The number of hydrogen-bond donors (Lipinski definition) is 2. The van der Waals surface area contributed by atoms with E-state index in [0.29, 0.717) is 10.6 Å². The maximum Gasteiger partial charge on any atom is 0.586 e. The van der Waals surface area contributed by atoms with Gasteiger partial charge in [0, 0.05) is 16.8 Å². The summed E-state index contributed by atoms with van der Waals surface area (Å²) in [6.07, 6.45) is -3.78. The molecule has 4 amide bonds. The summed E-state index contributed by atoms with van der Waals surface area (Å²) < 4.78 is 34.8. The van der Waals surface area contributed by atoms with Crippen LogP contribution in [0.5, 0.6) is 11.5 Å². The van der Waals surface area contributed by atoms with Gasteiger partial charge in [0.2, 0.25) is 5.91 Å². The number of fused-ring (bicyclic) bond motifs is 1. The maximum atomic E-state index is 13.1. The molecule has 2 heterocycles. The molecule has 1 atom stereocenters. The third-order valence-corrected chi connectivity index (χ3v) is 4.94. The van der Waals surface area contributed by atoms with Crippen LogP contribution in [0.2, 0.25) is 5.02 Å². The number of nitrogens with one attached hydrogen (secondary N) is 2. The van der Waals surface area contributed by atoms with Crippen molar-refractivity contribution in [1.82, 2.24) is 10.2 Å². The number of amides is 4. The van der Waals surface area contributed by atoms with E-state index in [1.165, 1.54) is 19.1 Å². The zero-order chi connectivity index (χ0) is 21.7. The lowest BCUT2D eigenvalue weighted by molar-refractivity contribution is -0.286. The summed E-state index contributed by atoms with van der Waals surface area (Å²) in [7, 11) is 0. The molecule has 0 spiro atoms. The van der Waals surface area contributed by atoms with E-state index in [1.54, 1.807) is 24.3 Å². The van der Waals surface area contributed by atoms with Crippen LogP contribution in [0.15, 0.2) is 42.5 Å². The molecular formula is C19H14ClF2N3O5. The van der Waals surface area contributed by atoms with Gasteiger partial charge in [0.1, 0.15) is 12.1 Å². The van der Waals surface area contributed by atoms with Gasteiger partial charge in [0.25, 0.3) is 5.91 Å². The van der Waals surface area contributed by atoms with E-state index in [-0.39, 0.29) is 17.2 Å². The highest BCUT2D eigenvalue weighted by Crippen LogP contribution is 2.42. The average Bonchev–Trinajstić information content (AvgIpc) is 3.09. The van der Waals surface area contributed by atoms with E-state index >= 15 is 0 Å². The van der Waals surface area contributed by atoms with Crippen molar-refractivity contribution in [3.8, 4) is 11.5 Å². The fourth-order valence-corrected chi connectivity index (χ4v) is 3.32. The molecule has 2 aliphatic rings. The topological polar surface area (TPSA) is 97.0 Å². The fraction of sp³-hybridized carbons (Fsp3) is 0.211. The molecule has 4 rings (SSSR count). The first-order valence-electron chi connectivity index (χ1n) is 8.67. The highest BCUT2D eigenvalue weighted by Gasteiger charge is 2.49. The quantitative estimate of drug-likeness (QED) is 0.716. The molecular weight excluding hydrogens is 424 g/mol. The highest BCUT2D eigenvalue weighted by atomic mass is 35.5. The Balaban J connectivity index is 1.46. The monoisotopic (exact) mass is 437 g/mol. The maximum absolute atomic E-state index is 13.1. The summed E-state index contributed by atoms with van der Waals surface area (Å²) in [4.78, 5) is 38.3. The normalized spacial score (nSPS) is 21.5. The molecule has 1 fully saturated rings. The lowest BCUT2D eigenvalue weighted by Gasteiger charge is -2.22. The minimum atomic E-state index is -3.78. The molecule has 30 heavy (non-hydrogen) atoms. The van der Waals surface area contributed by atoms with Crippen LogP contribution in [0.3, 0.4) is 0 Å². The van der Waals surface area contributed by atoms with Crippen LogP contribution in [-0.4, -0.2) is 35.6 Å². The van der Waals surface area contributed by atoms with E-state index in [1.807, 2.05) is 0 Å². The summed E-state index contributed by atoms with van der Waals surface area (Å²) in [5.41, 5.74) is -0.718. The van der Waals surface area contributed by atoms with Crippen LogP contribution in [0.1, 0.15) is 12.5 Å². The van der Waals surface area contributed by atoms with Crippen LogP contribution >= 0.6 is 11.6 Å². The minimum absolute atomic E-state index is 0.132. The van der Waals surface area contributed by atoms with Crippen molar-refractivity contribution in [2.75, 3.05) is 11.9 Å². The second-order valence-electron chi connectivity index (χ2n) is 6.83. The van der Waals surface area contributed by atoms with Crippen molar-refractivity contribution in [2.24, 2.45) is 0 Å². The molecule has 2 aromatic carbocycles. The Kier molecular flexibility index (Phi) is 4.53. The molecule has 0 radical (unpaired) electrons. The van der Waals surface area contributed by atoms with Gasteiger partial charge in [-0.05, 0) is 36.8 Å². The number of anilines is 1. The number of hydrogen-bond acceptors (Lipinski definition) is 5. The third kappa shape index (κ3) is 3.50. The number of halogens is 3. The second kappa shape index (κ2) is 6.84. The zero-order valence-corrected chi connectivity index (χ0v) is 16.1. The molecule has 0 aromatic heterocycles. The average molecular weight is 438 g/mol. The van der Waals surface area contributed by atoms with Crippen molar-refractivity contribution in [3.63, 3.8) is 0 Å². The predicted octanol–water partition coefficient (Wildman–Crippen LogP) is 3.07. The number of imide groups is 1. The van der Waals surface area contributed by atoms with E-state index in [2.05, 4.69) is 20.1 Å². The van der Waals surface area contributed by atoms with E-state index in [0.717, 1.165) is 11.0 Å². The summed E-state index contributed by atoms with van der Waals surface area (Å²) in [6.45, 7) is 0.949. The molecule has 0 saturated carbocycles. The van der Waals surface area contributed by atoms with Crippen LogP contribution in [0.25, 0.3) is 0 Å². The number of alkyl halides is 2. The van der Waals surface area contributed by atoms with Crippen LogP contribution < -0.4 is 20.1 Å². The van der Waals surface area contributed by atoms with Gasteiger partial charge >= 0.3 is 12.3 Å². The molecule has 8 nitrogen and oxygen atoms in total. The Morgan fingerprint density at radius 1 is 1.13 bits per heavy atom. The largest absolute Gasteiger partial charge is 0.586 e. The van der Waals surface area contributed by atoms with Gasteiger partial charge in [0.05, 0.1) is 0 Å². The van der Waals surface area contributed by atoms with Gasteiger partial charge in [-0.25, -0.2) is 4.79 Å². The minimum Gasteiger partial charge on any atom is -0.395 e. The van der Waals surface area contributed by atoms with Gasteiger partial charge in [-0.3, -0.25) is 14.5 Å². The molecule has 0 bridgehead atoms. The lowest BCUT2D eigenvalue weighted by atomic mass is 9.92. The van der Waals surface area contributed by atoms with Gasteiger partial charge < -0.3 is 20.1 Å². The van der Waals surface area contributed by atoms with Crippen molar-refractivity contribution in [3.05, 3.63) is 53.1 Å². The summed E-state index contributed by atoms with van der Waals surface area (Å²) in [5, 5.41) is 5.47. The summed E-state index contributed by atoms with van der Waals surface area (Å²) >= 11 is 5.86. The molecule has 156 valence electrons. The number of rotatable bonds is 4. The number of nitrogens with zero attached hydrogens (tertiary/aromatic N) is 1. The van der Waals surface area contributed by atoms with Crippen molar-refractivity contribution >= 4 is 35.1 Å². The van der Waals surface area contributed by atoms with Gasteiger partial charge in [-0.2, -0.15) is 0 Å². The summed E-state index contributed by atoms with van der Waals surface area (Å²) in [5.74, 6) is -1.74. The molecule has 1 unspecified atom stereocenters. The Morgan fingerprint density at radius 3 is 2.50 bits per heavy atom. The lowest BCUT2D eigenvalue weighted by Crippen LogP contribution is -2.42. The Bertz CT molecular complexity index is 1060. The van der Waals surface area contributed by atoms with Crippen molar-refractivity contribution < 1.29 is 32.6 Å². The first-order chi connectivity index (χ1) is 14.1. The number of carbonyl (C=O) groups is 3. The van der Waals surface area contributed by atoms with Gasteiger partial charge in [0.15, 0.2) is 11.5 Å². The van der Waals surface area contributed by atoms with Crippen LogP contribution in [0, 0.1) is 0 Å². The Hall–Kier alpha value is -3.40. The molecule has 2 aromatic rings. The Morgan fingerprint density at radius 2 is 1.80 bits per heavy atom. The first-order valence-corrected chi connectivity index (χ1v) is 9.05. The molecule has 1 saturated heterocycles. The zero-order valence-electron chi connectivity index (χ0n) is 15.4. The predicted molar refractivity (Wildman–Crippen MR) is 100 cm³/mol. The summed E-state index contributed by atoms with van der Waals surface area (Å²) in [6, 6.07) is 9.32. The number of carbonyl (C=O) groups excluding carboxylic acids is 3. The first kappa shape index (κ1) is 19.9. The number of ether oxygens (including phenoxy) is 2. The standard InChI is InChI=1S/C19H14ClF2N3O5/c1-18(10-2-4-11(20)5-3-10)16(27)25(17(28)24-18)9-15(26)23-12-6-7-13-14(8-12)30-19(21,22)29-13/h2-8H,9H2,1H3,(H,23,26)(H,24,28). The number of benzene rings is 2. The Labute approximate surface area is 173 Å².